The summed E-state index contributed by atoms with van der Waals surface area (Å²) in [6, 6.07) is 10.5. The number of nitrogens with zero attached hydrogens (tertiary/aromatic N) is 1. The number of rotatable bonds is 9. The fourth-order valence-corrected chi connectivity index (χ4v) is 5.07. The van der Waals surface area contributed by atoms with E-state index in [1.165, 1.54) is 18.7 Å². The third-order valence-electron chi connectivity index (χ3n) is 5.39. The van der Waals surface area contributed by atoms with Crippen molar-refractivity contribution in [2.45, 2.75) is 43.8 Å². The van der Waals surface area contributed by atoms with Gasteiger partial charge in [-0.1, -0.05) is 19.4 Å². The second-order valence-corrected chi connectivity index (χ2v) is 9.02. The van der Waals surface area contributed by atoms with Crippen molar-refractivity contribution in [1.82, 2.24) is 9.62 Å². The van der Waals surface area contributed by atoms with Crippen molar-refractivity contribution in [2.24, 2.45) is 0 Å². The maximum absolute atomic E-state index is 13.0. The van der Waals surface area contributed by atoms with Gasteiger partial charge in [-0.2, -0.15) is 4.72 Å². The summed E-state index contributed by atoms with van der Waals surface area (Å²) in [5.74, 6) is 1.91. The van der Waals surface area contributed by atoms with Crippen LogP contribution in [0.15, 0.2) is 41.3 Å². The standard InChI is InChI=1S/C22H30N2O5S.ClH/c1-5-7-22(23-30(25,26)19-9-6-8-18(14-19)27-2)24-11-10-16-12-20(28-3)21(29-4)13-17(16)15-24;/h6,8-9,12-14,22-23H,5,7,10-11,15H2,1-4H3;1H. The maximum atomic E-state index is 13.0. The third kappa shape index (κ3) is 5.83. The third-order valence-corrected chi connectivity index (χ3v) is 6.85. The van der Waals surface area contributed by atoms with Gasteiger partial charge in [-0.15, -0.1) is 12.4 Å². The molecular formula is C22H31ClN2O5S. The summed E-state index contributed by atoms with van der Waals surface area (Å²) in [7, 11) is 1.09. The summed E-state index contributed by atoms with van der Waals surface area (Å²) in [6.07, 6.45) is 2.09. The number of nitrogens with one attached hydrogen (secondary N) is 1. The molecule has 172 valence electrons. The zero-order chi connectivity index (χ0) is 21.7. The highest BCUT2D eigenvalue weighted by Gasteiger charge is 2.28. The van der Waals surface area contributed by atoms with E-state index >= 15 is 0 Å². The van der Waals surface area contributed by atoms with Crippen LogP contribution in [0.4, 0.5) is 0 Å². The van der Waals surface area contributed by atoms with E-state index in [9.17, 15) is 8.42 Å². The summed E-state index contributed by atoms with van der Waals surface area (Å²) < 4.78 is 45.0. The molecule has 0 saturated heterocycles. The number of hydrogen-bond acceptors (Lipinski definition) is 6. The van der Waals surface area contributed by atoms with E-state index in [-0.39, 0.29) is 23.5 Å². The molecule has 31 heavy (non-hydrogen) atoms. The smallest absolute Gasteiger partial charge is 0.242 e. The molecule has 0 radical (unpaired) electrons. The molecular weight excluding hydrogens is 440 g/mol. The molecule has 0 aromatic heterocycles. The van der Waals surface area contributed by atoms with Crippen molar-refractivity contribution in [3.05, 3.63) is 47.5 Å². The van der Waals surface area contributed by atoms with Gasteiger partial charge in [0.15, 0.2) is 11.5 Å². The molecule has 3 rings (SSSR count). The van der Waals surface area contributed by atoms with Crippen LogP contribution in [0.5, 0.6) is 17.2 Å². The predicted molar refractivity (Wildman–Crippen MR) is 123 cm³/mol. The van der Waals surface area contributed by atoms with Gasteiger partial charge in [-0.05, 0) is 48.2 Å². The van der Waals surface area contributed by atoms with Crippen LogP contribution in [-0.4, -0.2) is 47.4 Å². The van der Waals surface area contributed by atoms with E-state index < -0.39 is 10.0 Å². The molecule has 1 aliphatic heterocycles. The minimum atomic E-state index is -3.68. The van der Waals surface area contributed by atoms with Crippen LogP contribution in [-0.2, 0) is 23.0 Å². The monoisotopic (exact) mass is 470 g/mol. The fraction of sp³-hybridized carbons (Fsp3) is 0.455. The minimum absolute atomic E-state index is 0. The Balaban J connectivity index is 0.00000341. The topological polar surface area (TPSA) is 77.1 Å². The van der Waals surface area contributed by atoms with E-state index in [0.717, 1.165) is 24.9 Å². The second-order valence-electron chi connectivity index (χ2n) is 7.30. The molecule has 2 aromatic rings. The molecule has 0 spiro atoms. The Morgan fingerprint density at radius 1 is 1.03 bits per heavy atom. The number of benzene rings is 2. The van der Waals surface area contributed by atoms with Gasteiger partial charge >= 0.3 is 0 Å². The van der Waals surface area contributed by atoms with Gasteiger partial charge in [-0.25, -0.2) is 8.42 Å². The van der Waals surface area contributed by atoms with E-state index in [2.05, 4.69) is 16.5 Å². The quantitative estimate of drug-likeness (QED) is 0.603. The van der Waals surface area contributed by atoms with Crippen molar-refractivity contribution in [2.75, 3.05) is 27.9 Å². The average Bonchev–Trinajstić information content (AvgIpc) is 2.77. The fourth-order valence-electron chi connectivity index (χ4n) is 3.78. The number of sulfonamides is 1. The molecule has 0 saturated carbocycles. The molecule has 7 nitrogen and oxygen atoms in total. The molecule has 9 heteroatoms. The lowest BCUT2D eigenvalue weighted by molar-refractivity contribution is 0.158. The summed E-state index contributed by atoms with van der Waals surface area (Å²) >= 11 is 0. The lowest BCUT2D eigenvalue weighted by atomic mass is 9.98. The maximum Gasteiger partial charge on any atom is 0.242 e. The first-order chi connectivity index (χ1) is 14.4. The van der Waals surface area contributed by atoms with Gasteiger partial charge in [-0.3, -0.25) is 4.90 Å². The van der Waals surface area contributed by atoms with E-state index in [1.54, 1.807) is 32.4 Å². The average molecular weight is 471 g/mol. The molecule has 0 bridgehead atoms. The molecule has 1 aliphatic rings. The van der Waals surface area contributed by atoms with Gasteiger partial charge in [0.2, 0.25) is 10.0 Å². The highest BCUT2D eigenvalue weighted by molar-refractivity contribution is 7.89. The number of fused-ring (bicyclic) bond motifs is 1. The number of hydrogen-bond donors (Lipinski definition) is 1. The molecule has 0 amide bonds. The number of halogens is 1. The summed E-state index contributed by atoms with van der Waals surface area (Å²) in [5.41, 5.74) is 2.33. The predicted octanol–water partition coefficient (Wildman–Crippen LogP) is 3.60. The summed E-state index contributed by atoms with van der Waals surface area (Å²) in [4.78, 5) is 2.38. The first-order valence-corrected chi connectivity index (χ1v) is 11.5. The summed E-state index contributed by atoms with van der Waals surface area (Å²) in [5, 5.41) is 0. The first kappa shape index (κ1) is 25.3. The highest BCUT2D eigenvalue weighted by Crippen LogP contribution is 2.34. The number of ether oxygens (including phenoxy) is 3. The van der Waals surface area contributed by atoms with Crippen molar-refractivity contribution < 1.29 is 22.6 Å². The van der Waals surface area contributed by atoms with Crippen LogP contribution in [0.25, 0.3) is 0 Å². The minimum Gasteiger partial charge on any atom is -0.497 e. The SMILES string of the molecule is CCCC(NS(=O)(=O)c1cccc(OC)c1)N1CCc2cc(OC)c(OC)cc2C1.Cl. The van der Waals surface area contributed by atoms with Gasteiger partial charge in [0.05, 0.1) is 32.4 Å². The van der Waals surface area contributed by atoms with Gasteiger partial charge in [0.1, 0.15) is 5.75 Å². The van der Waals surface area contributed by atoms with E-state index in [0.29, 0.717) is 30.2 Å². The Labute approximate surface area is 191 Å². The van der Waals surface area contributed by atoms with Crippen molar-refractivity contribution in [3.8, 4) is 17.2 Å². The Kier molecular flexibility index (Phi) is 9.00. The van der Waals surface area contributed by atoms with Crippen LogP contribution >= 0.6 is 12.4 Å². The zero-order valence-corrected chi connectivity index (χ0v) is 20.0. The van der Waals surface area contributed by atoms with Crippen LogP contribution in [0.1, 0.15) is 30.9 Å². The molecule has 1 atom stereocenters. The lowest BCUT2D eigenvalue weighted by Crippen LogP contribution is -2.49. The molecule has 0 aliphatic carbocycles. The number of methoxy groups -OCH3 is 3. The van der Waals surface area contributed by atoms with Gasteiger partial charge < -0.3 is 14.2 Å². The Hall–Kier alpha value is -2.00. The van der Waals surface area contributed by atoms with E-state index in [4.69, 9.17) is 14.2 Å². The largest absolute Gasteiger partial charge is 0.497 e. The van der Waals surface area contributed by atoms with Gasteiger partial charge in [0, 0.05) is 19.2 Å². The van der Waals surface area contributed by atoms with E-state index in [1.807, 2.05) is 12.1 Å². The Morgan fingerprint density at radius 3 is 2.32 bits per heavy atom. The normalized spacial score (nSPS) is 14.8. The molecule has 2 aromatic carbocycles. The zero-order valence-electron chi connectivity index (χ0n) is 18.4. The van der Waals surface area contributed by atoms with Crippen LogP contribution in [0, 0.1) is 0 Å². The van der Waals surface area contributed by atoms with Crippen molar-refractivity contribution >= 4 is 22.4 Å². The highest BCUT2D eigenvalue weighted by atomic mass is 35.5. The van der Waals surface area contributed by atoms with Crippen LogP contribution < -0.4 is 18.9 Å². The second kappa shape index (κ2) is 11.0. The van der Waals surface area contributed by atoms with Crippen molar-refractivity contribution in [3.63, 3.8) is 0 Å². The van der Waals surface area contributed by atoms with Crippen LogP contribution in [0.3, 0.4) is 0 Å². The molecule has 1 N–H and O–H groups in total. The summed E-state index contributed by atoms with van der Waals surface area (Å²) in [6.45, 7) is 3.45. The van der Waals surface area contributed by atoms with Gasteiger partial charge in [0.25, 0.3) is 0 Å². The molecule has 0 fully saturated rings. The molecule has 1 heterocycles. The Morgan fingerprint density at radius 2 is 1.71 bits per heavy atom. The van der Waals surface area contributed by atoms with Crippen LogP contribution in [0.2, 0.25) is 0 Å². The first-order valence-electron chi connectivity index (χ1n) is 10.1. The molecule has 1 unspecified atom stereocenters. The van der Waals surface area contributed by atoms with Crippen molar-refractivity contribution in [1.29, 1.82) is 0 Å². The lowest BCUT2D eigenvalue weighted by Gasteiger charge is -2.36. The Bertz CT molecular complexity index is 984.